The van der Waals surface area contributed by atoms with Crippen LogP contribution in [-0.4, -0.2) is 42.9 Å². The van der Waals surface area contributed by atoms with E-state index in [2.05, 4.69) is 0 Å². The van der Waals surface area contributed by atoms with Crippen LogP contribution in [0.4, 0.5) is 4.79 Å². The van der Waals surface area contributed by atoms with Crippen molar-refractivity contribution in [2.75, 3.05) is 21.1 Å². The second kappa shape index (κ2) is 8.52. The monoisotopic (exact) mass is 354 g/mol. The molecule has 5 nitrogen and oxygen atoms in total. The van der Waals surface area contributed by atoms with E-state index < -0.39 is 11.6 Å². The molecule has 0 aliphatic carbocycles. The van der Waals surface area contributed by atoms with Gasteiger partial charge in [0.2, 0.25) is 5.91 Å². The van der Waals surface area contributed by atoms with Crippen molar-refractivity contribution < 1.29 is 14.3 Å². The first-order valence-corrected chi connectivity index (χ1v) is 8.55. The van der Waals surface area contributed by atoms with Crippen LogP contribution in [-0.2, 0) is 21.7 Å². The first-order chi connectivity index (χ1) is 12.3. The molecule has 0 bridgehead atoms. The average molecular weight is 354 g/mol. The molecule has 138 valence electrons. The first-order valence-electron chi connectivity index (χ1n) is 8.55. The van der Waals surface area contributed by atoms with E-state index in [4.69, 9.17) is 4.74 Å². The maximum absolute atomic E-state index is 12.7. The van der Waals surface area contributed by atoms with Gasteiger partial charge in [0, 0.05) is 21.1 Å². The molecule has 1 unspecified atom stereocenters. The molecule has 26 heavy (non-hydrogen) atoms. The van der Waals surface area contributed by atoms with Crippen LogP contribution in [0.25, 0.3) is 0 Å². The van der Waals surface area contributed by atoms with Crippen LogP contribution in [0.3, 0.4) is 0 Å². The van der Waals surface area contributed by atoms with Gasteiger partial charge in [-0.25, -0.2) is 4.79 Å². The fourth-order valence-corrected chi connectivity index (χ4v) is 2.68. The van der Waals surface area contributed by atoms with Crippen molar-refractivity contribution in [3.05, 3.63) is 71.8 Å². The summed E-state index contributed by atoms with van der Waals surface area (Å²) in [5.74, 6) is -0.0564. The number of amides is 2. The predicted octanol–water partition coefficient (Wildman–Crippen LogP) is 3.65. The van der Waals surface area contributed by atoms with Gasteiger partial charge < -0.3 is 14.5 Å². The Morgan fingerprint density at radius 1 is 0.923 bits per heavy atom. The Morgan fingerprint density at radius 3 is 2.00 bits per heavy atom. The summed E-state index contributed by atoms with van der Waals surface area (Å²) in [5, 5.41) is 0. The highest BCUT2D eigenvalue weighted by Gasteiger charge is 2.38. The number of carbonyl (C=O) groups excluding carboxylic acids is 2. The molecule has 5 heteroatoms. The van der Waals surface area contributed by atoms with Crippen LogP contribution >= 0.6 is 0 Å². The van der Waals surface area contributed by atoms with Gasteiger partial charge in [-0.15, -0.1) is 0 Å². The molecule has 0 aromatic heterocycles. The topological polar surface area (TPSA) is 49.9 Å². The summed E-state index contributed by atoms with van der Waals surface area (Å²) in [7, 11) is 5.09. The molecular weight excluding hydrogens is 328 g/mol. The Bertz CT molecular complexity index is 731. The zero-order chi connectivity index (χ0) is 19.2. The van der Waals surface area contributed by atoms with Gasteiger partial charge in [0.05, 0.1) is 12.0 Å². The Labute approximate surface area is 155 Å². The minimum atomic E-state index is -0.809. The van der Waals surface area contributed by atoms with Crippen molar-refractivity contribution in [1.29, 1.82) is 0 Å². The Kier molecular flexibility index (Phi) is 6.39. The van der Waals surface area contributed by atoms with Crippen LogP contribution < -0.4 is 0 Å². The van der Waals surface area contributed by atoms with Gasteiger partial charge in [0.1, 0.15) is 6.61 Å². The fraction of sp³-hybridized carbons (Fsp3) is 0.333. The van der Waals surface area contributed by atoms with E-state index in [-0.39, 0.29) is 18.9 Å². The van der Waals surface area contributed by atoms with E-state index in [1.54, 1.807) is 21.1 Å². The predicted molar refractivity (Wildman–Crippen MR) is 101 cm³/mol. The number of benzene rings is 2. The van der Waals surface area contributed by atoms with Gasteiger partial charge in [-0.2, -0.15) is 0 Å². The third-order valence-corrected chi connectivity index (χ3v) is 4.61. The number of carbonyl (C=O) groups is 2. The van der Waals surface area contributed by atoms with E-state index in [0.29, 0.717) is 0 Å². The second-order valence-corrected chi connectivity index (χ2v) is 6.70. The lowest BCUT2D eigenvalue weighted by molar-refractivity contribution is -0.131. The zero-order valence-electron chi connectivity index (χ0n) is 15.8. The molecule has 0 N–H and O–H groups in total. The average Bonchev–Trinajstić information content (AvgIpc) is 2.66. The SMILES string of the molecule is CN(C)C(=O)CC(C)(c1ccccc1)N(C)C(=O)OCc1ccccc1. The van der Waals surface area contributed by atoms with Gasteiger partial charge >= 0.3 is 6.09 Å². The quantitative estimate of drug-likeness (QED) is 0.796. The maximum atomic E-state index is 12.7. The van der Waals surface area contributed by atoms with Gasteiger partial charge in [-0.3, -0.25) is 4.79 Å². The second-order valence-electron chi connectivity index (χ2n) is 6.70. The summed E-state index contributed by atoms with van der Waals surface area (Å²) >= 11 is 0. The third-order valence-electron chi connectivity index (χ3n) is 4.61. The normalized spacial score (nSPS) is 12.8. The molecule has 1 atom stereocenters. The van der Waals surface area contributed by atoms with Gasteiger partial charge in [0.25, 0.3) is 0 Å². The summed E-state index contributed by atoms with van der Waals surface area (Å²) in [6.45, 7) is 2.07. The van der Waals surface area contributed by atoms with Crippen LogP contribution in [0.1, 0.15) is 24.5 Å². The van der Waals surface area contributed by atoms with Crippen molar-refractivity contribution in [3.63, 3.8) is 0 Å². The molecular formula is C21H26N2O3. The lowest BCUT2D eigenvalue weighted by Crippen LogP contribution is -2.48. The molecule has 2 rings (SSSR count). The van der Waals surface area contributed by atoms with Crippen LogP contribution in [0.2, 0.25) is 0 Å². The summed E-state index contributed by atoms with van der Waals surface area (Å²) in [6, 6.07) is 19.1. The lowest BCUT2D eigenvalue weighted by Gasteiger charge is -2.38. The van der Waals surface area contributed by atoms with E-state index >= 15 is 0 Å². The molecule has 0 spiro atoms. The Hall–Kier alpha value is -2.82. The van der Waals surface area contributed by atoms with Crippen molar-refractivity contribution in [2.45, 2.75) is 25.5 Å². The van der Waals surface area contributed by atoms with Crippen molar-refractivity contribution in [1.82, 2.24) is 9.80 Å². The molecule has 2 amide bonds. The fourth-order valence-electron chi connectivity index (χ4n) is 2.68. The maximum Gasteiger partial charge on any atom is 0.410 e. The van der Waals surface area contributed by atoms with E-state index in [9.17, 15) is 9.59 Å². The van der Waals surface area contributed by atoms with Crippen molar-refractivity contribution >= 4 is 12.0 Å². The molecule has 0 heterocycles. The molecule has 0 radical (unpaired) electrons. The number of hydrogen-bond donors (Lipinski definition) is 0. The van der Waals surface area contributed by atoms with Crippen LogP contribution in [0.15, 0.2) is 60.7 Å². The van der Waals surface area contributed by atoms with E-state index in [1.807, 2.05) is 67.6 Å². The smallest absolute Gasteiger partial charge is 0.410 e. The highest BCUT2D eigenvalue weighted by molar-refractivity contribution is 5.78. The van der Waals surface area contributed by atoms with E-state index in [1.165, 1.54) is 9.80 Å². The Morgan fingerprint density at radius 2 is 1.46 bits per heavy atom. The van der Waals surface area contributed by atoms with Crippen LogP contribution in [0.5, 0.6) is 0 Å². The third kappa shape index (κ3) is 4.63. The van der Waals surface area contributed by atoms with E-state index in [0.717, 1.165) is 11.1 Å². The molecule has 2 aromatic carbocycles. The largest absolute Gasteiger partial charge is 0.445 e. The highest BCUT2D eigenvalue weighted by atomic mass is 16.6. The number of hydrogen-bond acceptors (Lipinski definition) is 3. The van der Waals surface area contributed by atoms with Crippen molar-refractivity contribution in [3.8, 4) is 0 Å². The molecule has 0 saturated carbocycles. The van der Waals surface area contributed by atoms with Gasteiger partial charge in [-0.05, 0) is 18.1 Å². The number of rotatable bonds is 6. The molecule has 0 aliphatic heterocycles. The van der Waals surface area contributed by atoms with Gasteiger partial charge in [-0.1, -0.05) is 60.7 Å². The number of ether oxygens (including phenoxy) is 1. The van der Waals surface area contributed by atoms with Gasteiger partial charge in [0.15, 0.2) is 0 Å². The van der Waals surface area contributed by atoms with Crippen molar-refractivity contribution in [2.24, 2.45) is 0 Å². The molecule has 0 fully saturated rings. The standard InChI is InChI=1S/C21H26N2O3/c1-21(15-19(24)22(2)3,18-13-9-6-10-14-18)23(4)20(25)26-16-17-11-7-5-8-12-17/h5-14H,15-16H2,1-4H3. The summed E-state index contributed by atoms with van der Waals surface area (Å²) < 4.78 is 5.46. The Balaban J connectivity index is 2.20. The molecule has 2 aromatic rings. The zero-order valence-corrected chi connectivity index (χ0v) is 15.8. The minimum absolute atomic E-state index is 0.0564. The minimum Gasteiger partial charge on any atom is -0.445 e. The molecule has 0 aliphatic rings. The number of nitrogens with zero attached hydrogens (tertiary/aromatic N) is 2. The summed E-state index contributed by atoms with van der Waals surface area (Å²) in [5.41, 5.74) is 0.991. The highest BCUT2D eigenvalue weighted by Crippen LogP contribution is 2.32. The molecule has 0 saturated heterocycles. The lowest BCUT2D eigenvalue weighted by atomic mass is 9.86. The summed E-state index contributed by atoms with van der Waals surface area (Å²) in [6.07, 6.45) is -0.298. The summed E-state index contributed by atoms with van der Waals surface area (Å²) in [4.78, 5) is 28.1. The first kappa shape index (κ1) is 19.5. The van der Waals surface area contributed by atoms with Crippen LogP contribution in [0, 0.1) is 0 Å².